The van der Waals surface area contributed by atoms with Gasteiger partial charge in [0, 0.05) is 18.8 Å². The molecule has 1 aromatic rings. The van der Waals surface area contributed by atoms with E-state index < -0.39 is 5.97 Å². The number of carbonyl (C=O) groups excluding carboxylic acids is 1. The van der Waals surface area contributed by atoms with E-state index in [9.17, 15) is 9.59 Å². The number of aromatic amines is 1. The molecule has 0 radical (unpaired) electrons. The van der Waals surface area contributed by atoms with Gasteiger partial charge in [-0.3, -0.25) is 14.7 Å². The lowest BCUT2D eigenvalue weighted by molar-refractivity contribution is -0.137. The molecule has 0 fully saturated rings. The molecule has 2 N–H and O–H groups in total. The molecule has 0 aliphatic carbocycles. The SMILES string of the molecule is CCN(CCC(=O)O)C(=O)c1cn[nH]c1C. The number of aliphatic carboxylic acids is 1. The molecule has 1 aromatic heterocycles. The lowest BCUT2D eigenvalue weighted by Gasteiger charge is -2.19. The summed E-state index contributed by atoms with van der Waals surface area (Å²) in [6.45, 7) is 4.27. The second-order valence-electron chi connectivity index (χ2n) is 3.44. The number of amides is 1. The first kappa shape index (κ1) is 12.2. The van der Waals surface area contributed by atoms with Crippen LogP contribution in [0, 0.1) is 6.92 Å². The number of carboxylic acid groups (broad SMARTS) is 1. The van der Waals surface area contributed by atoms with Gasteiger partial charge in [-0.25, -0.2) is 0 Å². The number of aromatic nitrogens is 2. The van der Waals surface area contributed by atoms with Crippen LogP contribution in [-0.4, -0.2) is 45.2 Å². The van der Waals surface area contributed by atoms with Crippen LogP contribution >= 0.6 is 0 Å². The Labute approximate surface area is 93.3 Å². The standard InChI is InChI=1S/C10H15N3O3/c1-3-13(5-4-9(14)15)10(16)8-6-11-12-7(8)2/h6H,3-5H2,1-2H3,(H,11,12)(H,14,15). The molecule has 0 saturated carbocycles. The van der Waals surface area contributed by atoms with Crippen molar-refractivity contribution in [3.8, 4) is 0 Å². The molecule has 6 heteroatoms. The summed E-state index contributed by atoms with van der Waals surface area (Å²) >= 11 is 0. The maximum atomic E-state index is 11.9. The Balaban J connectivity index is 2.70. The van der Waals surface area contributed by atoms with Crippen LogP contribution in [-0.2, 0) is 4.79 Å². The van der Waals surface area contributed by atoms with E-state index in [4.69, 9.17) is 5.11 Å². The van der Waals surface area contributed by atoms with Crippen LogP contribution in [0.25, 0.3) is 0 Å². The van der Waals surface area contributed by atoms with E-state index in [1.165, 1.54) is 11.1 Å². The Bertz CT molecular complexity index is 386. The number of hydrogen-bond donors (Lipinski definition) is 2. The summed E-state index contributed by atoms with van der Waals surface area (Å²) in [5.41, 5.74) is 1.19. The van der Waals surface area contributed by atoms with E-state index in [0.717, 1.165) is 0 Å². The second-order valence-corrected chi connectivity index (χ2v) is 3.44. The molecule has 16 heavy (non-hydrogen) atoms. The highest BCUT2D eigenvalue weighted by atomic mass is 16.4. The fourth-order valence-electron chi connectivity index (χ4n) is 1.37. The van der Waals surface area contributed by atoms with Crippen molar-refractivity contribution in [2.75, 3.05) is 13.1 Å². The highest BCUT2D eigenvalue weighted by Gasteiger charge is 2.18. The number of hydrogen-bond acceptors (Lipinski definition) is 3. The second kappa shape index (κ2) is 5.29. The number of carboxylic acids is 1. The Morgan fingerprint density at radius 1 is 1.56 bits per heavy atom. The van der Waals surface area contributed by atoms with Gasteiger partial charge in [0.05, 0.1) is 18.2 Å². The third kappa shape index (κ3) is 2.82. The van der Waals surface area contributed by atoms with Crippen molar-refractivity contribution in [2.45, 2.75) is 20.3 Å². The molecule has 0 aliphatic heterocycles. The zero-order chi connectivity index (χ0) is 12.1. The Kier molecular flexibility index (Phi) is 4.04. The maximum Gasteiger partial charge on any atom is 0.305 e. The third-order valence-corrected chi connectivity index (χ3v) is 2.32. The van der Waals surface area contributed by atoms with Crippen molar-refractivity contribution in [3.63, 3.8) is 0 Å². The van der Waals surface area contributed by atoms with Crippen molar-refractivity contribution in [3.05, 3.63) is 17.5 Å². The van der Waals surface area contributed by atoms with Crippen LogP contribution in [0.2, 0.25) is 0 Å². The summed E-state index contributed by atoms with van der Waals surface area (Å²) in [5, 5.41) is 15.0. The summed E-state index contributed by atoms with van der Waals surface area (Å²) in [6, 6.07) is 0. The first-order chi connectivity index (χ1) is 7.56. The van der Waals surface area contributed by atoms with Crippen molar-refractivity contribution in [2.24, 2.45) is 0 Å². The number of carbonyl (C=O) groups is 2. The van der Waals surface area contributed by atoms with E-state index in [1.54, 1.807) is 6.92 Å². The molecule has 0 unspecified atom stereocenters. The van der Waals surface area contributed by atoms with Gasteiger partial charge in [0.15, 0.2) is 0 Å². The number of rotatable bonds is 5. The zero-order valence-electron chi connectivity index (χ0n) is 9.36. The average molecular weight is 225 g/mol. The van der Waals surface area contributed by atoms with E-state index >= 15 is 0 Å². The summed E-state index contributed by atoms with van der Waals surface area (Å²) in [7, 11) is 0. The molecule has 0 aliphatic rings. The van der Waals surface area contributed by atoms with Crippen LogP contribution in [0.1, 0.15) is 29.4 Å². The van der Waals surface area contributed by atoms with Crippen LogP contribution in [0.15, 0.2) is 6.20 Å². The highest BCUT2D eigenvalue weighted by Crippen LogP contribution is 2.07. The van der Waals surface area contributed by atoms with Gasteiger partial charge >= 0.3 is 5.97 Å². The van der Waals surface area contributed by atoms with Crippen LogP contribution in [0.5, 0.6) is 0 Å². The number of nitrogens with zero attached hydrogens (tertiary/aromatic N) is 2. The predicted octanol–water partition coefficient (Wildman–Crippen LogP) is 0.655. The lowest BCUT2D eigenvalue weighted by Crippen LogP contribution is -2.33. The summed E-state index contributed by atoms with van der Waals surface area (Å²) in [4.78, 5) is 23.9. The molecule has 6 nitrogen and oxygen atoms in total. The van der Waals surface area contributed by atoms with Crippen LogP contribution < -0.4 is 0 Å². The Morgan fingerprint density at radius 3 is 2.69 bits per heavy atom. The molecule has 0 atom stereocenters. The normalized spacial score (nSPS) is 10.1. The summed E-state index contributed by atoms with van der Waals surface area (Å²) < 4.78 is 0. The van der Waals surface area contributed by atoms with Gasteiger partial charge in [-0.2, -0.15) is 5.10 Å². The van der Waals surface area contributed by atoms with E-state index in [1.807, 2.05) is 6.92 Å². The van der Waals surface area contributed by atoms with Crippen molar-refractivity contribution in [1.82, 2.24) is 15.1 Å². The molecule has 0 spiro atoms. The average Bonchev–Trinajstić information content (AvgIpc) is 2.64. The summed E-state index contributed by atoms with van der Waals surface area (Å²) in [5.74, 6) is -1.09. The van der Waals surface area contributed by atoms with Crippen molar-refractivity contribution in [1.29, 1.82) is 0 Å². The zero-order valence-corrected chi connectivity index (χ0v) is 9.36. The minimum absolute atomic E-state index is 0.0452. The molecule has 1 heterocycles. The van der Waals surface area contributed by atoms with Gasteiger partial charge in [0.2, 0.25) is 0 Å². The van der Waals surface area contributed by atoms with Crippen LogP contribution in [0.4, 0.5) is 0 Å². The molecule has 0 aromatic carbocycles. The van der Waals surface area contributed by atoms with Gasteiger partial charge < -0.3 is 10.0 Å². The molecule has 88 valence electrons. The number of aryl methyl sites for hydroxylation is 1. The molecular formula is C10H15N3O3. The minimum Gasteiger partial charge on any atom is -0.481 e. The molecule has 0 saturated heterocycles. The predicted molar refractivity (Wildman–Crippen MR) is 57.2 cm³/mol. The minimum atomic E-state index is -0.907. The molecule has 1 rings (SSSR count). The van der Waals surface area contributed by atoms with Crippen molar-refractivity contribution < 1.29 is 14.7 Å². The van der Waals surface area contributed by atoms with Crippen LogP contribution in [0.3, 0.4) is 0 Å². The fraction of sp³-hybridized carbons (Fsp3) is 0.500. The molecule has 0 bridgehead atoms. The number of nitrogens with one attached hydrogen (secondary N) is 1. The first-order valence-corrected chi connectivity index (χ1v) is 5.07. The van der Waals surface area contributed by atoms with Gasteiger partial charge in [0.25, 0.3) is 5.91 Å². The van der Waals surface area contributed by atoms with E-state index in [2.05, 4.69) is 10.2 Å². The summed E-state index contributed by atoms with van der Waals surface area (Å²) in [6.07, 6.45) is 1.41. The van der Waals surface area contributed by atoms with Gasteiger partial charge in [-0.15, -0.1) is 0 Å². The smallest absolute Gasteiger partial charge is 0.305 e. The molecular weight excluding hydrogens is 210 g/mol. The number of H-pyrrole nitrogens is 1. The van der Waals surface area contributed by atoms with Gasteiger partial charge in [0.1, 0.15) is 0 Å². The van der Waals surface area contributed by atoms with Crippen molar-refractivity contribution >= 4 is 11.9 Å². The maximum absolute atomic E-state index is 11.9. The largest absolute Gasteiger partial charge is 0.481 e. The monoisotopic (exact) mass is 225 g/mol. The first-order valence-electron chi connectivity index (χ1n) is 5.07. The lowest BCUT2D eigenvalue weighted by atomic mass is 10.2. The molecule has 1 amide bonds. The van der Waals surface area contributed by atoms with E-state index in [0.29, 0.717) is 17.8 Å². The Morgan fingerprint density at radius 2 is 2.25 bits per heavy atom. The topological polar surface area (TPSA) is 86.3 Å². The quantitative estimate of drug-likeness (QED) is 0.770. The van der Waals surface area contributed by atoms with Gasteiger partial charge in [-0.1, -0.05) is 0 Å². The Hall–Kier alpha value is -1.85. The third-order valence-electron chi connectivity index (χ3n) is 2.32. The van der Waals surface area contributed by atoms with E-state index in [-0.39, 0.29) is 18.9 Å². The highest BCUT2D eigenvalue weighted by molar-refractivity contribution is 5.95. The fourth-order valence-corrected chi connectivity index (χ4v) is 1.37. The van der Waals surface area contributed by atoms with Gasteiger partial charge in [-0.05, 0) is 13.8 Å².